The van der Waals surface area contributed by atoms with E-state index in [-0.39, 0.29) is 18.6 Å². The number of rotatable bonds is 5. The summed E-state index contributed by atoms with van der Waals surface area (Å²) in [7, 11) is 1.56. The Morgan fingerprint density at radius 2 is 2.11 bits per heavy atom. The molecule has 2 heterocycles. The number of methoxy groups -OCH3 is 1. The summed E-state index contributed by atoms with van der Waals surface area (Å²) in [6.45, 7) is 1.61. The first-order valence-electron chi connectivity index (χ1n) is 8.91. The first-order chi connectivity index (χ1) is 13.2. The van der Waals surface area contributed by atoms with Crippen LogP contribution >= 0.6 is 0 Å². The Kier molecular flexibility index (Phi) is 5.13. The third kappa shape index (κ3) is 3.84. The lowest BCUT2D eigenvalue weighted by molar-refractivity contribution is -0.139. The zero-order chi connectivity index (χ0) is 18.6. The number of ether oxygens (including phenoxy) is 2. The number of benzene rings is 2. The summed E-state index contributed by atoms with van der Waals surface area (Å²) in [6.07, 6.45) is 0.324. The number of carbonyl (C=O) groups is 1. The summed E-state index contributed by atoms with van der Waals surface area (Å²) < 4.78 is 15.7. The van der Waals surface area contributed by atoms with Crippen molar-refractivity contribution in [1.29, 1.82) is 0 Å². The lowest BCUT2D eigenvalue weighted by Crippen LogP contribution is -2.44. The van der Waals surface area contributed by atoms with E-state index < -0.39 is 0 Å². The zero-order valence-electron chi connectivity index (χ0n) is 15.1. The van der Waals surface area contributed by atoms with Gasteiger partial charge in [0.1, 0.15) is 12.6 Å². The number of nitrogens with zero attached hydrogens (tertiary/aromatic N) is 3. The normalized spacial score (nSPS) is 17.4. The van der Waals surface area contributed by atoms with E-state index in [1.54, 1.807) is 12.0 Å². The molecule has 2 aromatic carbocycles. The highest BCUT2D eigenvalue weighted by Crippen LogP contribution is 2.24. The zero-order valence-corrected chi connectivity index (χ0v) is 15.1. The largest absolute Gasteiger partial charge is 0.377 e. The maximum absolute atomic E-state index is 13.0. The van der Waals surface area contributed by atoms with Gasteiger partial charge in [0.25, 0.3) is 5.89 Å². The molecule has 0 spiro atoms. The Hall–Kier alpha value is -2.77. The summed E-state index contributed by atoms with van der Waals surface area (Å²) in [4.78, 5) is 19.1. The average molecular weight is 367 g/mol. The molecule has 0 aliphatic carbocycles. The highest BCUT2D eigenvalue weighted by atomic mass is 16.5. The number of fused-ring (bicyclic) bond motifs is 1. The van der Waals surface area contributed by atoms with Gasteiger partial charge in [0, 0.05) is 13.7 Å². The van der Waals surface area contributed by atoms with E-state index in [1.807, 2.05) is 24.3 Å². The molecule has 1 fully saturated rings. The van der Waals surface area contributed by atoms with Crippen LogP contribution in [0, 0.1) is 0 Å². The van der Waals surface area contributed by atoms with Gasteiger partial charge in [-0.1, -0.05) is 47.6 Å². The molecular weight excluding hydrogens is 346 g/mol. The van der Waals surface area contributed by atoms with E-state index in [0.29, 0.717) is 37.9 Å². The fraction of sp³-hybridized carbons (Fsp3) is 0.350. The van der Waals surface area contributed by atoms with Gasteiger partial charge in [0.2, 0.25) is 5.91 Å². The highest BCUT2D eigenvalue weighted by Gasteiger charge is 2.32. The molecule has 0 N–H and O–H groups in total. The molecule has 0 radical (unpaired) electrons. The minimum Gasteiger partial charge on any atom is -0.377 e. The second kappa shape index (κ2) is 7.85. The molecule has 140 valence electrons. The van der Waals surface area contributed by atoms with E-state index in [9.17, 15) is 4.79 Å². The molecule has 1 aliphatic heterocycles. The first-order valence-corrected chi connectivity index (χ1v) is 8.91. The van der Waals surface area contributed by atoms with Crippen molar-refractivity contribution in [3.63, 3.8) is 0 Å². The van der Waals surface area contributed by atoms with Crippen LogP contribution in [0.4, 0.5) is 0 Å². The molecule has 1 aliphatic rings. The van der Waals surface area contributed by atoms with Crippen molar-refractivity contribution >= 4 is 16.7 Å². The van der Waals surface area contributed by atoms with Crippen LogP contribution in [0.3, 0.4) is 0 Å². The van der Waals surface area contributed by atoms with Gasteiger partial charge in [-0.05, 0) is 16.3 Å². The quantitative estimate of drug-likeness (QED) is 0.690. The van der Waals surface area contributed by atoms with Crippen LogP contribution in [0.2, 0.25) is 0 Å². The van der Waals surface area contributed by atoms with Gasteiger partial charge in [-0.3, -0.25) is 4.79 Å². The van der Waals surface area contributed by atoms with Gasteiger partial charge in [-0.2, -0.15) is 4.98 Å². The van der Waals surface area contributed by atoms with Crippen LogP contribution in [0.1, 0.15) is 23.3 Å². The second-order valence-corrected chi connectivity index (χ2v) is 6.52. The molecule has 4 rings (SSSR count). The third-order valence-electron chi connectivity index (χ3n) is 4.67. The van der Waals surface area contributed by atoms with E-state index in [4.69, 9.17) is 14.0 Å². The molecule has 0 bridgehead atoms. The minimum atomic E-state index is -0.346. The predicted octanol–water partition coefficient (Wildman–Crippen LogP) is 2.51. The average Bonchev–Trinajstić information content (AvgIpc) is 3.17. The number of aromatic nitrogens is 2. The lowest BCUT2D eigenvalue weighted by atomic mass is 10.0. The predicted molar refractivity (Wildman–Crippen MR) is 97.9 cm³/mol. The van der Waals surface area contributed by atoms with Gasteiger partial charge < -0.3 is 18.9 Å². The summed E-state index contributed by atoms with van der Waals surface area (Å²) in [5, 5.41) is 6.29. The van der Waals surface area contributed by atoms with Gasteiger partial charge in [0.15, 0.2) is 5.82 Å². The van der Waals surface area contributed by atoms with Crippen molar-refractivity contribution in [1.82, 2.24) is 15.0 Å². The van der Waals surface area contributed by atoms with E-state index >= 15 is 0 Å². The fourth-order valence-electron chi connectivity index (χ4n) is 3.33. The Morgan fingerprint density at radius 1 is 1.26 bits per heavy atom. The van der Waals surface area contributed by atoms with E-state index in [0.717, 1.165) is 16.3 Å². The van der Waals surface area contributed by atoms with Crippen LogP contribution in [-0.4, -0.2) is 47.8 Å². The molecule has 3 aromatic rings. The van der Waals surface area contributed by atoms with Crippen molar-refractivity contribution in [2.24, 2.45) is 0 Å². The van der Waals surface area contributed by atoms with Crippen molar-refractivity contribution in [3.8, 4) is 0 Å². The van der Waals surface area contributed by atoms with Crippen molar-refractivity contribution in [2.45, 2.75) is 19.1 Å². The molecule has 1 amide bonds. The molecule has 0 saturated carbocycles. The molecule has 1 aromatic heterocycles. The molecular formula is C20H21N3O4. The van der Waals surface area contributed by atoms with Gasteiger partial charge in [0.05, 0.1) is 19.6 Å². The molecule has 1 unspecified atom stereocenters. The summed E-state index contributed by atoms with van der Waals surface area (Å²) in [5.74, 6) is 0.866. The van der Waals surface area contributed by atoms with Crippen molar-refractivity contribution in [3.05, 3.63) is 59.7 Å². The van der Waals surface area contributed by atoms with Crippen LogP contribution in [0.5, 0.6) is 0 Å². The van der Waals surface area contributed by atoms with Crippen LogP contribution < -0.4 is 0 Å². The summed E-state index contributed by atoms with van der Waals surface area (Å²) in [6, 6.07) is 13.9. The number of morpholine rings is 1. The molecule has 1 saturated heterocycles. The first kappa shape index (κ1) is 17.6. The molecule has 1 atom stereocenters. The third-order valence-corrected chi connectivity index (χ3v) is 4.67. The van der Waals surface area contributed by atoms with Crippen molar-refractivity contribution in [2.75, 3.05) is 26.9 Å². The minimum absolute atomic E-state index is 0.0247. The second-order valence-electron chi connectivity index (χ2n) is 6.52. The Labute approximate surface area is 156 Å². The van der Waals surface area contributed by atoms with E-state index in [1.165, 1.54) is 0 Å². The molecule has 7 nitrogen and oxygen atoms in total. The Bertz CT molecular complexity index is 940. The number of hydrogen-bond acceptors (Lipinski definition) is 6. The van der Waals surface area contributed by atoms with Crippen LogP contribution in [0.15, 0.2) is 47.0 Å². The van der Waals surface area contributed by atoms with Gasteiger partial charge >= 0.3 is 0 Å². The lowest BCUT2D eigenvalue weighted by Gasteiger charge is -2.33. The summed E-state index contributed by atoms with van der Waals surface area (Å²) >= 11 is 0. The number of carbonyl (C=O) groups excluding carboxylic acids is 1. The monoisotopic (exact) mass is 367 g/mol. The van der Waals surface area contributed by atoms with Gasteiger partial charge in [-0.25, -0.2) is 0 Å². The van der Waals surface area contributed by atoms with Gasteiger partial charge in [-0.15, -0.1) is 0 Å². The smallest absolute Gasteiger partial charge is 0.252 e. The summed E-state index contributed by atoms with van der Waals surface area (Å²) in [5.41, 5.74) is 0.983. The van der Waals surface area contributed by atoms with Crippen LogP contribution in [0.25, 0.3) is 10.8 Å². The highest BCUT2D eigenvalue weighted by molar-refractivity contribution is 5.85. The standard InChI is InChI=1S/C20H21N3O4/c1-25-13-18-21-20(22-27-18)17-12-26-9-8-23(17)19(24)11-14-6-7-15-4-2-3-5-16(15)10-14/h2-7,10,17H,8-9,11-13H2,1H3. The topological polar surface area (TPSA) is 77.7 Å². The number of hydrogen-bond donors (Lipinski definition) is 0. The maximum atomic E-state index is 13.0. The Morgan fingerprint density at radius 3 is 2.96 bits per heavy atom. The maximum Gasteiger partial charge on any atom is 0.252 e. The van der Waals surface area contributed by atoms with Crippen LogP contribution in [-0.2, 0) is 27.3 Å². The molecule has 7 heteroatoms. The molecule has 27 heavy (non-hydrogen) atoms. The van der Waals surface area contributed by atoms with E-state index in [2.05, 4.69) is 28.3 Å². The Balaban J connectivity index is 1.52. The van der Waals surface area contributed by atoms with Crippen molar-refractivity contribution < 1.29 is 18.8 Å². The number of amides is 1. The fourth-order valence-corrected chi connectivity index (χ4v) is 3.33. The SMILES string of the molecule is COCc1nc(C2COCCN2C(=O)Cc2ccc3ccccc3c2)no1.